The van der Waals surface area contributed by atoms with E-state index >= 15 is 0 Å². The van der Waals surface area contributed by atoms with Crippen LogP contribution < -0.4 is 0 Å². The molecule has 0 radical (unpaired) electrons. The van der Waals surface area contributed by atoms with E-state index in [4.69, 9.17) is 4.42 Å². The van der Waals surface area contributed by atoms with E-state index in [2.05, 4.69) is 47.0 Å². The lowest BCUT2D eigenvalue weighted by Crippen LogP contribution is -2.54. The quantitative estimate of drug-likeness (QED) is 0.811. The minimum Gasteiger partial charge on any atom is -0.464 e. The molecule has 4 rings (SSSR count). The second-order valence-electron chi connectivity index (χ2n) is 8.73. The molecule has 0 N–H and O–H groups in total. The summed E-state index contributed by atoms with van der Waals surface area (Å²) in [6.45, 7) is 5.95. The van der Waals surface area contributed by atoms with Crippen LogP contribution in [0, 0.1) is 5.41 Å². The number of amides is 1. The van der Waals surface area contributed by atoms with Crippen molar-refractivity contribution in [2.45, 2.75) is 32.2 Å². The van der Waals surface area contributed by atoms with Crippen LogP contribution in [-0.2, 0) is 11.3 Å². The zero-order valence-electron chi connectivity index (χ0n) is 16.6. The van der Waals surface area contributed by atoms with Gasteiger partial charge in [-0.2, -0.15) is 0 Å². The first-order chi connectivity index (χ1) is 13.0. The number of carbonyl (C=O) groups excluding carboxylic acids is 1. The van der Waals surface area contributed by atoms with Gasteiger partial charge in [0.2, 0.25) is 5.91 Å². The summed E-state index contributed by atoms with van der Waals surface area (Å²) < 4.78 is 5.46. The molecule has 1 aromatic heterocycles. The molecule has 5 heteroatoms. The molecule has 0 unspecified atom stereocenters. The Morgan fingerprint density at radius 3 is 2.93 bits per heavy atom. The van der Waals surface area contributed by atoms with Crippen molar-refractivity contribution in [3.8, 4) is 0 Å². The minimum absolute atomic E-state index is 0.276. The smallest absolute Gasteiger partial charge is 0.222 e. The molecule has 0 saturated carbocycles. The Balaban J connectivity index is 1.42. The number of nitrogens with zero attached hydrogens (tertiary/aromatic N) is 3. The van der Waals surface area contributed by atoms with Gasteiger partial charge in [0.25, 0.3) is 0 Å². The molecule has 1 spiro atoms. The molecule has 2 saturated heterocycles. The highest BCUT2D eigenvalue weighted by Crippen LogP contribution is 2.39. The van der Waals surface area contributed by atoms with Crippen LogP contribution in [0.4, 0.5) is 0 Å². The molecule has 3 heterocycles. The van der Waals surface area contributed by atoms with Gasteiger partial charge in [0, 0.05) is 49.9 Å². The van der Waals surface area contributed by atoms with E-state index in [0.717, 1.165) is 51.3 Å². The van der Waals surface area contributed by atoms with Gasteiger partial charge < -0.3 is 14.2 Å². The van der Waals surface area contributed by atoms with Gasteiger partial charge >= 0.3 is 0 Å². The van der Waals surface area contributed by atoms with Crippen LogP contribution in [0.5, 0.6) is 0 Å². The van der Waals surface area contributed by atoms with Crippen LogP contribution in [-0.4, -0.2) is 67.4 Å². The Morgan fingerprint density at radius 1 is 1.19 bits per heavy atom. The number of rotatable bonds is 5. The standard InChI is InChI=1S/C22H31N3O2/c1-23(2)11-12-25-17-22(9-6-21(25)26)8-3-10-24(16-22)15-18-4-5-20-19(14-18)7-13-27-20/h4-5,7,13-14H,3,6,8-12,15-17H2,1-2H3/t22-/m0/s1. The van der Waals surface area contributed by atoms with Crippen molar-refractivity contribution >= 4 is 16.9 Å². The molecule has 2 fully saturated rings. The number of hydrogen-bond donors (Lipinski definition) is 0. The number of likely N-dealkylation sites (tertiary alicyclic amines) is 2. The maximum absolute atomic E-state index is 12.4. The molecule has 0 bridgehead atoms. The monoisotopic (exact) mass is 369 g/mol. The Hall–Kier alpha value is -1.85. The Bertz CT molecular complexity index is 800. The zero-order valence-corrected chi connectivity index (χ0v) is 16.6. The normalized spacial score (nSPS) is 24.4. The molecule has 2 aromatic rings. The first kappa shape index (κ1) is 18.5. The molecular formula is C22H31N3O2. The molecule has 2 aliphatic heterocycles. The third kappa shape index (κ3) is 4.19. The van der Waals surface area contributed by atoms with Crippen LogP contribution in [0.2, 0.25) is 0 Å². The Labute approximate surface area is 161 Å². The Morgan fingerprint density at radius 2 is 2.07 bits per heavy atom. The summed E-state index contributed by atoms with van der Waals surface area (Å²) in [6, 6.07) is 8.54. The third-order valence-corrected chi connectivity index (χ3v) is 6.23. The van der Waals surface area contributed by atoms with Gasteiger partial charge in [0.05, 0.1) is 6.26 Å². The molecule has 1 atom stereocenters. The first-order valence-electron chi connectivity index (χ1n) is 10.1. The summed E-state index contributed by atoms with van der Waals surface area (Å²) in [4.78, 5) is 19.3. The fraction of sp³-hybridized carbons (Fsp3) is 0.591. The van der Waals surface area contributed by atoms with Crippen molar-refractivity contribution < 1.29 is 9.21 Å². The maximum atomic E-state index is 12.4. The van der Waals surface area contributed by atoms with E-state index < -0.39 is 0 Å². The number of likely N-dealkylation sites (N-methyl/N-ethyl adjacent to an activating group) is 1. The number of hydrogen-bond acceptors (Lipinski definition) is 4. The van der Waals surface area contributed by atoms with E-state index in [9.17, 15) is 4.79 Å². The van der Waals surface area contributed by atoms with Crippen molar-refractivity contribution in [2.75, 3.05) is 46.8 Å². The number of furan rings is 1. The van der Waals surface area contributed by atoms with Crippen LogP contribution in [0.1, 0.15) is 31.2 Å². The highest BCUT2D eigenvalue weighted by molar-refractivity contribution is 5.78. The molecule has 0 aliphatic carbocycles. The van der Waals surface area contributed by atoms with Crippen molar-refractivity contribution in [2.24, 2.45) is 5.41 Å². The van der Waals surface area contributed by atoms with Gasteiger partial charge in [-0.05, 0) is 63.7 Å². The van der Waals surface area contributed by atoms with E-state index in [0.29, 0.717) is 12.3 Å². The van der Waals surface area contributed by atoms with E-state index in [1.165, 1.54) is 23.8 Å². The average Bonchev–Trinajstić information content (AvgIpc) is 3.11. The second-order valence-corrected chi connectivity index (χ2v) is 8.73. The van der Waals surface area contributed by atoms with Crippen LogP contribution >= 0.6 is 0 Å². The number of carbonyl (C=O) groups is 1. The predicted molar refractivity (Wildman–Crippen MR) is 108 cm³/mol. The van der Waals surface area contributed by atoms with Crippen molar-refractivity contribution in [3.63, 3.8) is 0 Å². The Kier molecular flexibility index (Phi) is 5.24. The minimum atomic E-state index is 0.276. The maximum Gasteiger partial charge on any atom is 0.222 e. The van der Waals surface area contributed by atoms with Gasteiger partial charge in [0.15, 0.2) is 0 Å². The van der Waals surface area contributed by atoms with E-state index in [1.54, 1.807) is 6.26 Å². The summed E-state index contributed by atoms with van der Waals surface area (Å²) in [5.41, 5.74) is 2.58. The topological polar surface area (TPSA) is 39.9 Å². The van der Waals surface area contributed by atoms with Gasteiger partial charge in [-0.25, -0.2) is 0 Å². The van der Waals surface area contributed by atoms with Crippen molar-refractivity contribution in [3.05, 3.63) is 36.1 Å². The van der Waals surface area contributed by atoms with Crippen molar-refractivity contribution in [1.29, 1.82) is 0 Å². The molecule has 27 heavy (non-hydrogen) atoms. The van der Waals surface area contributed by atoms with Crippen molar-refractivity contribution in [1.82, 2.24) is 14.7 Å². The lowest BCUT2D eigenvalue weighted by molar-refractivity contribution is -0.139. The van der Waals surface area contributed by atoms with E-state index in [1.807, 2.05) is 6.07 Å². The second kappa shape index (κ2) is 7.64. The van der Waals surface area contributed by atoms with Crippen LogP contribution in [0.3, 0.4) is 0 Å². The highest BCUT2D eigenvalue weighted by Gasteiger charge is 2.41. The first-order valence-corrected chi connectivity index (χ1v) is 10.1. The van der Waals surface area contributed by atoms with Gasteiger partial charge in [-0.1, -0.05) is 6.07 Å². The number of piperidine rings is 2. The lowest BCUT2D eigenvalue weighted by atomic mass is 9.73. The molecule has 5 nitrogen and oxygen atoms in total. The summed E-state index contributed by atoms with van der Waals surface area (Å²) in [5, 5.41) is 1.18. The van der Waals surface area contributed by atoms with E-state index in [-0.39, 0.29) is 5.41 Å². The molecule has 1 aromatic carbocycles. The summed E-state index contributed by atoms with van der Waals surface area (Å²) in [6.07, 6.45) is 5.98. The summed E-state index contributed by atoms with van der Waals surface area (Å²) >= 11 is 0. The molecule has 2 aliphatic rings. The lowest BCUT2D eigenvalue weighted by Gasteiger charge is -2.48. The van der Waals surface area contributed by atoms with Gasteiger partial charge in [0.1, 0.15) is 5.58 Å². The zero-order chi connectivity index (χ0) is 18.9. The van der Waals surface area contributed by atoms with Gasteiger partial charge in [-0.15, -0.1) is 0 Å². The fourth-order valence-electron chi connectivity index (χ4n) is 4.78. The largest absolute Gasteiger partial charge is 0.464 e. The third-order valence-electron chi connectivity index (χ3n) is 6.23. The van der Waals surface area contributed by atoms with Crippen LogP contribution in [0.25, 0.3) is 11.0 Å². The summed E-state index contributed by atoms with van der Waals surface area (Å²) in [5.74, 6) is 0.338. The fourth-order valence-corrected chi connectivity index (χ4v) is 4.78. The highest BCUT2D eigenvalue weighted by atomic mass is 16.3. The van der Waals surface area contributed by atoms with Gasteiger partial charge in [-0.3, -0.25) is 9.69 Å². The average molecular weight is 370 g/mol. The molecular weight excluding hydrogens is 338 g/mol. The number of fused-ring (bicyclic) bond motifs is 1. The summed E-state index contributed by atoms with van der Waals surface area (Å²) in [7, 11) is 4.15. The number of benzene rings is 1. The molecule has 1 amide bonds. The predicted octanol–water partition coefficient (Wildman–Crippen LogP) is 3.20. The molecule has 146 valence electrons. The SMILES string of the molecule is CN(C)CCN1C[C@@]2(CCCN(Cc3ccc4occc4c3)C2)CCC1=O. The van der Waals surface area contributed by atoms with Crippen LogP contribution in [0.15, 0.2) is 34.9 Å².